The third-order valence-electron chi connectivity index (χ3n) is 5.27. The Hall–Kier alpha value is -2.80. The first-order valence-electron chi connectivity index (χ1n) is 10.6. The maximum atomic E-state index is 12.5. The number of amides is 2. The molecule has 1 aliphatic heterocycles. The number of hydrogen-bond acceptors (Lipinski definition) is 5. The van der Waals surface area contributed by atoms with Gasteiger partial charge in [-0.3, -0.25) is 14.5 Å². The lowest BCUT2D eigenvalue weighted by Crippen LogP contribution is -2.56. The van der Waals surface area contributed by atoms with Crippen LogP contribution in [0.1, 0.15) is 35.6 Å². The van der Waals surface area contributed by atoms with Crippen LogP contribution in [0.15, 0.2) is 36.4 Å². The zero-order valence-electron chi connectivity index (χ0n) is 17.9. The minimum Gasteiger partial charge on any atom is -0.356 e. The molecule has 1 aromatic heterocycles. The molecule has 30 heavy (non-hydrogen) atoms. The molecule has 0 aliphatic carbocycles. The quantitative estimate of drug-likeness (QED) is 0.657. The Morgan fingerprint density at radius 3 is 2.63 bits per heavy atom. The second-order valence-electron chi connectivity index (χ2n) is 7.80. The number of rotatable bonds is 9. The molecule has 7 heteroatoms. The van der Waals surface area contributed by atoms with Gasteiger partial charge < -0.3 is 10.6 Å². The predicted octanol–water partition coefficient (Wildman–Crippen LogP) is 1.58. The normalized spacial score (nSPS) is 16.9. The monoisotopic (exact) mass is 409 g/mol. The zero-order valence-corrected chi connectivity index (χ0v) is 17.9. The van der Waals surface area contributed by atoms with Gasteiger partial charge >= 0.3 is 0 Å². The summed E-state index contributed by atoms with van der Waals surface area (Å²) in [4.78, 5) is 35.8. The first kappa shape index (κ1) is 21.9. The minimum atomic E-state index is -0.410. The van der Waals surface area contributed by atoms with Crippen molar-refractivity contribution in [2.75, 3.05) is 26.2 Å². The molecule has 1 aliphatic rings. The maximum Gasteiger partial charge on any atom is 0.237 e. The first-order chi connectivity index (χ1) is 14.5. The van der Waals surface area contributed by atoms with E-state index in [1.165, 1.54) is 5.56 Å². The number of aryl methyl sites for hydroxylation is 3. The molecule has 0 bridgehead atoms. The number of nitrogens with one attached hydrogen (secondary N) is 2. The molecule has 2 heterocycles. The molecule has 2 amide bonds. The molecule has 7 nitrogen and oxygen atoms in total. The molecule has 3 rings (SSSR count). The van der Waals surface area contributed by atoms with Gasteiger partial charge in [-0.1, -0.05) is 30.3 Å². The second kappa shape index (κ2) is 10.8. The van der Waals surface area contributed by atoms with Crippen molar-refractivity contribution in [3.63, 3.8) is 0 Å². The van der Waals surface area contributed by atoms with E-state index >= 15 is 0 Å². The Morgan fingerprint density at radius 2 is 1.90 bits per heavy atom. The molecule has 1 saturated heterocycles. The minimum absolute atomic E-state index is 0.0613. The molecule has 0 unspecified atom stereocenters. The standard InChI is InChI=1S/C23H31N5O2/c1-17-15-18(2)27-21(26-17)10-11-24-22(29)16-20-23(30)25-12-14-28(20)13-6-9-19-7-4-3-5-8-19/h3-5,7-8,15,20H,6,9-14,16H2,1-2H3,(H,24,29)(H,25,30)/t20-/m0/s1. The van der Waals surface area contributed by atoms with E-state index < -0.39 is 6.04 Å². The molecule has 1 aromatic carbocycles. The van der Waals surface area contributed by atoms with Gasteiger partial charge in [-0.05, 0) is 44.9 Å². The van der Waals surface area contributed by atoms with Crippen molar-refractivity contribution in [1.82, 2.24) is 25.5 Å². The molecule has 1 fully saturated rings. The van der Waals surface area contributed by atoms with Crippen molar-refractivity contribution in [2.24, 2.45) is 0 Å². The maximum absolute atomic E-state index is 12.5. The average Bonchev–Trinajstić information content (AvgIpc) is 2.70. The average molecular weight is 410 g/mol. The zero-order chi connectivity index (χ0) is 21.3. The molecule has 160 valence electrons. The summed E-state index contributed by atoms with van der Waals surface area (Å²) < 4.78 is 0. The molecule has 1 atom stereocenters. The fourth-order valence-electron chi connectivity index (χ4n) is 3.85. The number of benzene rings is 1. The van der Waals surface area contributed by atoms with Gasteiger partial charge in [0.1, 0.15) is 5.82 Å². The summed E-state index contributed by atoms with van der Waals surface area (Å²) in [6.45, 7) is 6.54. The van der Waals surface area contributed by atoms with Gasteiger partial charge in [-0.15, -0.1) is 0 Å². The van der Waals surface area contributed by atoms with Gasteiger partial charge in [-0.2, -0.15) is 0 Å². The van der Waals surface area contributed by atoms with Crippen molar-refractivity contribution < 1.29 is 9.59 Å². The van der Waals surface area contributed by atoms with E-state index in [0.717, 1.165) is 43.1 Å². The summed E-state index contributed by atoms with van der Waals surface area (Å²) in [5.74, 6) is 0.550. The molecule has 0 saturated carbocycles. The lowest BCUT2D eigenvalue weighted by Gasteiger charge is -2.34. The van der Waals surface area contributed by atoms with E-state index in [4.69, 9.17) is 0 Å². The van der Waals surface area contributed by atoms with Crippen LogP contribution >= 0.6 is 0 Å². The van der Waals surface area contributed by atoms with Crippen LogP contribution in [0.2, 0.25) is 0 Å². The number of aromatic nitrogens is 2. The Kier molecular flexibility index (Phi) is 7.90. The van der Waals surface area contributed by atoms with Crippen molar-refractivity contribution in [1.29, 1.82) is 0 Å². The Labute approximate surface area is 178 Å². The van der Waals surface area contributed by atoms with Crippen LogP contribution in [0.3, 0.4) is 0 Å². The van der Waals surface area contributed by atoms with E-state index in [-0.39, 0.29) is 18.2 Å². The van der Waals surface area contributed by atoms with Gasteiger partial charge in [0, 0.05) is 37.4 Å². The van der Waals surface area contributed by atoms with E-state index in [1.807, 2.05) is 38.1 Å². The fraction of sp³-hybridized carbons (Fsp3) is 0.478. The highest BCUT2D eigenvalue weighted by atomic mass is 16.2. The highest BCUT2D eigenvalue weighted by Gasteiger charge is 2.31. The van der Waals surface area contributed by atoms with Crippen LogP contribution in [0.4, 0.5) is 0 Å². The van der Waals surface area contributed by atoms with Gasteiger partial charge in [-0.25, -0.2) is 9.97 Å². The van der Waals surface area contributed by atoms with Crippen LogP contribution in [-0.2, 0) is 22.4 Å². The number of carbonyl (C=O) groups is 2. The summed E-state index contributed by atoms with van der Waals surface area (Å²) in [7, 11) is 0. The van der Waals surface area contributed by atoms with Gasteiger partial charge in [0.15, 0.2) is 0 Å². The third-order valence-corrected chi connectivity index (χ3v) is 5.27. The molecule has 0 radical (unpaired) electrons. The van der Waals surface area contributed by atoms with Gasteiger partial charge in [0.2, 0.25) is 11.8 Å². The largest absolute Gasteiger partial charge is 0.356 e. The summed E-state index contributed by atoms with van der Waals surface area (Å²) in [6, 6.07) is 11.8. The molecular weight excluding hydrogens is 378 g/mol. The molecule has 2 aromatic rings. The summed E-state index contributed by atoms with van der Waals surface area (Å²) in [5, 5.41) is 5.80. The highest BCUT2D eigenvalue weighted by Crippen LogP contribution is 2.11. The van der Waals surface area contributed by atoms with Crippen LogP contribution < -0.4 is 10.6 Å². The summed E-state index contributed by atoms with van der Waals surface area (Å²) in [6.07, 6.45) is 2.67. The summed E-state index contributed by atoms with van der Waals surface area (Å²) >= 11 is 0. The molecule has 0 spiro atoms. The Morgan fingerprint density at radius 1 is 1.17 bits per heavy atom. The SMILES string of the molecule is Cc1cc(C)nc(CCNC(=O)C[C@H]2C(=O)NCCN2CCCc2ccccc2)n1. The molecular formula is C23H31N5O2. The van der Waals surface area contributed by atoms with Crippen LogP contribution in [0, 0.1) is 13.8 Å². The van der Waals surface area contributed by atoms with Crippen LogP contribution in [-0.4, -0.2) is 58.9 Å². The number of carbonyl (C=O) groups excluding carboxylic acids is 2. The highest BCUT2D eigenvalue weighted by molar-refractivity contribution is 5.88. The number of hydrogen-bond donors (Lipinski definition) is 2. The van der Waals surface area contributed by atoms with Crippen LogP contribution in [0.5, 0.6) is 0 Å². The molecule has 2 N–H and O–H groups in total. The second-order valence-corrected chi connectivity index (χ2v) is 7.80. The topological polar surface area (TPSA) is 87.2 Å². The van der Waals surface area contributed by atoms with E-state index in [2.05, 4.69) is 37.6 Å². The van der Waals surface area contributed by atoms with E-state index in [1.54, 1.807) is 0 Å². The van der Waals surface area contributed by atoms with E-state index in [9.17, 15) is 9.59 Å². The number of nitrogens with zero attached hydrogens (tertiary/aromatic N) is 3. The van der Waals surface area contributed by atoms with E-state index in [0.29, 0.717) is 19.5 Å². The first-order valence-corrected chi connectivity index (χ1v) is 10.6. The van der Waals surface area contributed by atoms with Crippen LogP contribution in [0.25, 0.3) is 0 Å². The smallest absolute Gasteiger partial charge is 0.237 e. The third kappa shape index (κ3) is 6.62. The lowest BCUT2D eigenvalue weighted by atomic mass is 10.1. The summed E-state index contributed by atoms with van der Waals surface area (Å²) in [5.41, 5.74) is 3.14. The van der Waals surface area contributed by atoms with Crippen molar-refractivity contribution in [2.45, 2.75) is 45.6 Å². The van der Waals surface area contributed by atoms with Crippen molar-refractivity contribution >= 4 is 11.8 Å². The van der Waals surface area contributed by atoms with Crippen molar-refractivity contribution in [3.05, 3.63) is 59.2 Å². The Balaban J connectivity index is 1.46. The Bertz CT molecular complexity index is 836. The predicted molar refractivity (Wildman–Crippen MR) is 116 cm³/mol. The number of piperazine rings is 1. The van der Waals surface area contributed by atoms with Gasteiger partial charge in [0.05, 0.1) is 12.5 Å². The van der Waals surface area contributed by atoms with Gasteiger partial charge in [0.25, 0.3) is 0 Å². The fourth-order valence-corrected chi connectivity index (χ4v) is 3.85. The van der Waals surface area contributed by atoms with Crippen molar-refractivity contribution in [3.8, 4) is 0 Å². The lowest BCUT2D eigenvalue weighted by molar-refractivity contribution is -0.133.